The first-order chi connectivity index (χ1) is 9.36. The van der Waals surface area contributed by atoms with Crippen molar-refractivity contribution in [2.45, 2.75) is 46.2 Å². The van der Waals surface area contributed by atoms with Crippen LogP contribution in [0.15, 0.2) is 24.3 Å². The van der Waals surface area contributed by atoms with E-state index in [1.807, 2.05) is 45.2 Å². The molecule has 4 heteroatoms. The van der Waals surface area contributed by atoms with Gasteiger partial charge in [0.2, 0.25) is 5.91 Å². The average Bonchev–Trinajstić information content (AvgIpc) is 2.44. The molecule has 0 aliphatic carbocycles. The molecule has 0 saturated carbocycles. The lowest BCUT2D eigenvalue weighted by Crippen LogP contribution is -2.40. The number of hydrogen-bond acceptors (Lipinski definition) is 3. The number of carbonyl (C=O) groups excluding carboxylic acids is 1. The molecule has 3 N–H and O–H groups in total. The van der Waals surface area contributed by atoms with Crippen LogP contribution in [0.25, 0.3) is 0 Å². The Kier molecular flexibility index (Phi) is 6.02. The Hall–Kier alpha value is -1.55. The summed E-state index contributed by atoms with van der Waals surface area (Å²) in [4.78, 5) is 14.2. The molecule has 2 unspecified atom stereocenters. The van der Waals surface area contributed by atoms with E-state index in [2.05, 4.69) is 24.1 Å². The number of amides is 1. The van der Waals surface area contributed by atoms with Crippen molar-refractivity contribution in [1.82, 2.24) is 0 Å². The van der Waals surface area contributed by atoms with Crippen molar-refractivity contribution in [1.29, 1.82) is 0 Å². The van der Waals surface area contributed by atoms with Crippen molar-refractivity contribution in [3.05, 3.63) is 24.3 Å². The summed E-state index contributed by atoms with van der Waals surface area (Å²) in [6.07, 6.45) is 0.894. The Labute approximate surface area is 122 Å². The Morgan fingerprint density at radius 3 is 2.55 bits per heavy atom. The SMILES string of the molecule is CCC(C)C(N)C(=O)Nc1cccc(N(C)C(C)C)c1. The van der Waals surface area contributed by atoms with Crippen molar-refractivity contribution in [2.24, 2.45) is 11.7 Å². The van der Waals surface area contributed by atoms with Crippen LogP contribution in [0.2, 0.25) is 0 Å². The minimum atomic E-state index is -0.466. The second-order valence-electron chi connectivity index (χ2n) is 5.66. The van der Waals surface area contributed by atoms with Crippen LogP contribution in [-0.2, 0) is 4.79 Å². The van der Waals surface area contributed by atoms with Crippen LogP contribution in [0, 0.1) is 5.92 Å². The maximum absolute atomic E-state index is 12.1. The smallest absolute Gasteiger partial charge is 0.241 e. The highest BCUT2D eigenvalue weighted by Gasteiger charge is 2.19. The van der Waals surface area contributed by atoms with Gasteiger partial charge < -0.3 is 16.0 Å². The molecule has 0 saturated heterocycles. The first-order valence-corrected chi connectivity index (χ1v) is 7.26. The van der Waals surface area contributed by atoms with Gasteiger partial charge in [0.1, 0.15) is 0 Å². The third-order valence-electron chi connectivity index (χ3n) is 3.86. The lowest BCUT2D eigenvalue weighted by atomic mass is 9.99. The highest BCUT2D eigenvalue weighted by atomic mass is 16.2. The summed E-state index contributed by atoms with van der Waals surface area (Å²) in [5.41, 5.74) is 7.81. The highest BCUT2D eigenvalue weighted by molar-refractivity contribution is 5.95. The van der Waals surface area contributed by atoms with Gasteiger partial charge >= 0.3 is 0 Å². The van der Waals surface area contributed by atoms with Crippen molar-refractivity contribution < 1.29 is 4.79 Å². The molecular formula is C16H27N3O. The van der Waals surface area contributed by atoms with Crippen LogP contribution < -0.4 is 16.0 Å². The third kappa shape index (κ3) is 4.23. The van der Waals surface area contributed by atoms with Crippen molar-refractivity contribution >= 4 is 17.3 Å². The molecule has 112 valence electrons. The number of nitrogens with zero attached hydrogens (tertiary/aromatic N) is 1. The molecule has 0 fully saturated rings. The number of nitrogens with one attached hydrogen (secondary N) is 1. The normalized spacial score (nSPS) is 13.9. The fourth-order valence-electron chi connectivity index (χ4n) is 1.84. The fourth-order valence-corrected chi connectivity index (χ4v) is 1.84. The molecule has 0 heterocycles. The molecule has 1 aromatic carbocycles. The Morgan fingerprint density at radius 2 is 2.00 bits per heavy atom. The molecule has 0 bridgehead atoms. The number of hydrogen-bond donors (Lipinski definition) is 2. The lowest BCUT2D eigenvalue weighted by Gasteiger charge is -2.24. The summed E-state index contributed by atoms with van der Waals surface area (Å²) in [6, 6.07) is 7.78. The monoisotopic (exact) mass is 277 g/mol. The average molecular weight is 277 g/mol. The van der Waals surface area contributed by atoms with Crippen molar-refractivity contribution in [3.63, 3.8) is 0 Å². The number of nitrogens with two attached hydrogens (primary N) is 1. The molecule has 0 aliphatic heterocycles. The van der Waals surface area contributed by atoms with E-state index in [4.69, 9.17) is 5.73 Å². The predicted octanol–water partition coefficient (Wildman–Crippen LogP) is 2.84. The number of anilines is 2. The van der Waals surface area contributed by atoms with Crippen molar-refractivity contribution in [2.75, 3.05) is 17.3 Å². The first kappa shape index (κ1) is 16.5. The van der Waals surface area contributed by atoms with Gasteiger partial charge in [-0.1, -0.05) is 26.3 Å². The summed E-state index contributed by atoms with van der Waals surface area (Å²) in [6.45, 7) is 8.29. The van der Waals surface area contributed by atoms with Gasteiger partial charge in [-0.15, -0.1) is 0 Å². The number of benzene rings is 1. The minimum Gasteiger partial charge on any atom is -0.372 e. The van der Waals surface area contributed by atoms with Crippen LogP contribution in [0.3, 0.4) is 0 Å². The highest BCUT2D eigenvalue weighted by Crippen LogP contribution is 2.20. The molecule has 0 spiro atoms. The minimum absolute atomic E-state index is 0.122. The summed E-state index contributed by atoms with van der Waals surface area (Å²) in [5, 5.41) is 2.90. The maximum atomic E-state index is 12.1. The van der Waals surface area contributed by atoms with Crippen LogP contribution in [0.4, 0.5) is 11.4 Å². The van der Waals surface area contributed by atoms with Gasteiger partial charge in [-0.05, 0) is 38.0 Å². The van der Waals surface area contributed by atoms with Crippen molar-refractivity contribution in [3.8, 4) is 0 Å². The molecule has 1 aromatic rings. The van der Waals surface area contributed by atoms with Gasteiger partial charge in [0.25, 0.3) is 0 Å². The molecule has 0 aliphatic rings. The van der Waals surface area contributed by atoms with Crippen LogP contribution in [0.1, 0.15) is 34.1 Å². The molecule has 4 nitrogen and oxygen atoms in total. The molecule has 0 radical (unpaired) electrons. The summed E-state index contributed by atoms with van der Waals surface area (Å²) in [7, 11) is 2.04. The van der Waals surface area contributed by atoms with E-state index in [9.17, 15) is 4.79 Å². The van der Waals surface area contributed by atoms with E-state index in [-0.39, 0.29) is 11.8 Å². The van der Waals surface area contributed by atoms with E-state index >= 15 is 0 Å². The van der Waals surface area contributed by atoms with Gasteiger partial charge in [0.15, 0.2) is 0 Å². The topological polar surface area (TPSA) is 58.4 Å². The molecule has 1 rings (SSSR count). The second-order valence-corrected chi connectivity index (χ2v) is 5.66. The summed E-state index contributed by atoms with van der Waals surface area (Å²) < 4.78 is 0. The quantitative estimate of drug-likeness (QED) is 0.840. The van der Waals surface area contributed by atoms with Crippen LogP contribution in [-0.4, -0.2) is 25.0 Å². The van der Waals surface area contributed by atoms with Gasteiger partial charge in [-0.3, -0.25) is 4.79 Å². The Balaban J connectivity index is 2.78. The molecular weight excluding hydrogens is 250 g/mol. The van der Waals surface area contributed by atoms with E-state index in [1.54, 1.807) is 0 Å². The Bertz CT molecular complexity index is 445. The van der Waals surface area contributed by atoms with E-state index in [1.165, 1.54) is 0 Å². The number of rotatable bonds is 6. The maximum Gasteiger partial charge on any atom is 0.241 e. The zero-order valence-corrected chi connectivity index (χ0v) is 13.2. The standard InChI is InChI=1S/C16H27N3O/c1-6-12(4)15(17)16(20)18-13-8-7-9-14(10-13)19(5)11(2)3/h7-12,15H,6,17H2,1-5H3,(H,18,20). The zero-order valence-electron chi connectivity index (χ0n) is 13.2. The fraction of sp³-hybridized carbons (Fsp3) is 0.562. The number of carbonyl (C=O) groups is 1. The Morgan fingerprint density at radius 1 is 1.35 bits per heavy atom. The lowest BCUT2D eigenvalue weighted by molar-refractivity contribution is -0.118. The van der Waals surface area contributed by atoms with E-state index < -0.39 is 6.04 Å². The van der Waals surface area contributed by atoms with Gasteiger partial charge in [-0.2, -0.15) is 0 Å². The largest absolute Gasteiger partial charge is 0.372 e. The van der Waals surface area contributed by atoms with Gasteiger partial charge in [-0.25, -0.2) is 0 Å². The van der Waals surface area contributed by atoms with Crippen LogP contribution in [0.5, 0.6) is 0 Å². The van der Waals surface area contributed by atoms with Gasteiger partial charge in [0, 0.05) is 24.5 Å². The first-order valence-electron chi connectivity index (χ1n) is 7.26. The van der Waals surface area contributed by atoms with E-state index in [0.717, 1.165) is 17.8 Å². The zero-order chi connectivity index (χ0) is 15.3. The molecule has 20 heavy (non-hydrogen) atoms. The van der Waals surface area contributed by atoms with E-state index in [0.29, 0.717) is 6.04 Å². The van der Waals surface area contributed by atoms with Gasteiger partial charge in [0.05, 0.1) is 6.04 Å². The van der Waals surface area contributed by atoms with Crippen LogP contribution >= 0.6 is 0 Å². The molecule has 2 atom stereocenters. The molecule has 1 amide bonds. The summed E-state index contributed by atoms with van der Waals surface area (Å²) >= 11 is 0. The predicted molar refractivity (Wildman–Crippen MR) is 86.0 cm³/mol. The second kappa shape index (κ2) is 7.29. The third-order valence-corrected chi connectivity index (χ3v) is 3.86. The molecule has 0 aromatic heterocycles. The summed E-state index contributed by atoms with van der Waals surface area (Å²) in [5.74, 6) is 0.0558.